The maximum atomic E-state index is 6.15. The van der Waals surface area contributed by atoms with E-state index in [1.54, 1.807) is 6.20 Å². The second-order valence-electron chi connectivity index (χ2n) is 5.06. The predicted molar refractivity (Wildman–Crippen MR) is 83.8 cm³/mol. The molecule has 0 radical (unpaired) electrons. The molecule has 1 aromatic carbocycles. The van der Waals surface area contributed by atoms with E-state index in [4.69, 9.17) is 16.3 Å². The lowest BCUT2D eigenvalue weighted by Gasteiger charge is -2.08. The number of benzene rings is 1. The molecule has 21 heavy (non-hydrogen) atoms. The van der Waals surface area contributed by atoms with Gasteiger partial charge in [0.1, 0.15) is 12.1 Å². The van der Waals surface area contributed by atoms with Gasteiger partial charge in [0.05, 0.1) is 6.20 Å². The molecular formula is C16H16ClN3O. The monoisotopic (exact) mass is 301 g/mol. The summed E-state index contributed by atoms with van der Waals surface area (Å²) in [5, 5.41) is 9.93. The molecule has 0 aliphatic heterocycles. The average molecular weight is 302 g/mol. The minimum Gasteiger partial charge on any atom is -0.470 e. The summed E-state index contributed by atoms with van der Waals surface area (Å²) in [6, 6.07) is 7.63. The normalized spacial score (nSPS) is 11.0. The second-order valence-corrected chi connectivity index (χ2v) is 5.47. The van der Waals surface area contributed by atoms with Crippen LogP contribution in [-0.2, 0) is 13.7 Å². The molecule has 0 bridgehead atoms. The third kappa shape index (κ3) is 2.36. The number of nitrogens with zero attached hydrogens (tertiary/aromatic N) is 3. The molecule has 5 heteroatoms. The molecule has 0 N–H and O–H groups in total. The first-order valence-electron chi connectivity index (χ1n) is 6.73. The van der Waals surface area contributed by atoms with E-state index in [0.29, 0.717) is 17.5 Å². The quantitative estimate of drug-likeness (QED) is 0.738. The summed E-state index contributed by atoms with van der Waals surface area (Å²) in [6.45, 7) is 4.53. The van der Waals surface area contributed by atoms with Crippen molar-refractivity contribution in [2.75, 3.05) is 0 Å². The molecule has 0 amide bonds. The highest BCUT2D eigenvalue weighted by atomic mass is 35.5. The predicted octanol–water partition coefficient (Wildman–Crippen LogP) is 3.82. The maximum absolute atomic E-state index is 6.15. The Morgan fingerprint density at radius 2 is 2.00 bits per heavy atom. The van der Waals surface area contributed by atoms with E-state index in [-0.39, 0.29) is 0 Å². The Labute approximate surface area is 128 Å². The van der Waals surface area contributed by atoms with Gasteiger partial charge in [-0.3, -0.25) is 0 Å². The molecule has 4 nitrogen and oxygen atoms in total. The van der Waals surface area contributed by atoms with Crippen LogP contribution in [-0.4, -0.2) is 14.8 Å². The minimum atomic E-state index is 0.372. The molecule has 0 fully saturated rings. The van der Waals surface area contributed by atoms with Crippen LogP contribution in [0.5, 0.6) is 5.88 Å². The fraction of sp³-hybridized carbons (Fsp3) is 0.250. The Morgan fingerprint density at radius 1 is 1.24 bits per heavy atom. The van der Waals surface area contributed by atoms with E-state index >= 15 is 0 Å². The van der Waals surface area contributed by atoms with Gasteiger partial charge in [-0.1, -0.05) is 29.8 Å². The number of hydrogen-bond donors (Lipinski definition) is 0. The van der Waals surface area contributed by atoms with Crippen LogP contribution in [0.1, 0.15) is 16.8 Å². The lowest BCUT2D eigenvalue weighted by Crippen LogP contribution is -2.01. The van der Waals surface area contributed by atoms with Crippen LogP contribution in [0, 0.1) is 13.8 Å². The molecule has 0 saturated heterocycles. The Balaban J connectivity index is 1.98. The van der Waals surface area contributed by atoms with Gasteiger partial charge < -0.3 is 9.30 Å². The van der Waals surface area contributed by atoms with Crippen LogP contribution in [0.15, 0.2) is 30.5 Å². The first-order valence-corrected chi connectivity index (χ1v) is 7.11. The third-order valence-electron chi connectivity index (χ3n) is 3.90. The molecule has 2 heterocycles. The summed E-state index contributed by atoms with van der Waals surface area (Å²) in [7, 11) is 2.01. The minimum absolute atomic E-state index is 0.372. The zero-order valence-corrected chi connectivity index (χ0v) is 13.0. The Bertz CT molecular complexity index is 811. The molecule has 108 valence electrons. The molecule has 0 aliphatic carbocycles. The van der Waals surface area contributed by atoms with Crippen molar-refractivity contribution in [1.29, 1.82) is 0 Å². The lowest BCUT2D eigenvalue weighted by atomic mass is 10.2. The lowest BCUT2D eigenvalue weighted by molar-refractivity contribution is 0.293. The Morgan fingerprint density at radius 3 is 2.76 bits per heavy atom. The number of aromatic nitrogens is 3. The van der Waals surface area contributed by atoms with E-state index in [1.165, 1.54) is 11.3 Å². The summed E-state index contributed by atoms with van der Waals surface area (Å²) in [6.07, 6.45) is 1.78. The van der Waals surface area contributed by atoms with Gasteiger partial charge in [0.15, 0.2) is 0 Å². The standard InChI is InChI=1S/C16H16ClN3O/c1-10-11(2)20(3)15-13(10)8-18-19-16(15)21-9-12-6-4-5-7-14(12)17/h4-8H,9H2,1-3H3. The van der Waals surface area contributed by atoms with Gasteiger partial charge in [-0.05, 0) is 25.5 Å². The number of aryl methyl sites for hydroxylation is 2. The smallest absolute Gasteiger partial charge is 0.258 e. The summed E-state index contributed by atoms with van der Waals surface area (Å²) < 4.78 is 7.94. The molecule has 0 unspecified atom stereocenters. The van der Waals surface area contributed by atoms with Crippen molar-refractivity contribution in [3.05, 3.63) is 52.3 Å². The van der Waals surface area contributed by atoms with Crippen LogP contribution < -0.4 is 4.74 Å². The average Bonchev–Trinajstić information content (AvgIpc) is 2.72. The number of halogens is 1. The van der Waals surface area contributed by atoms with Crippen molar-refractivity contribution in [2.45, 2.75) is 20.5 Å². The molecule has 0 aliphatic rings. The van der Waals surface area contributed by atoms with E-state index in [1.807, 2.05) is 31.3 Å². The molecule has 0 spiro atoms. The maximum Gasteiger partial charge on any atom is 0.258 e. The molecule has 0 saturated carbocycles. The van der Waals surface area contributed by atoms with Crippen molar-refractivity contribution >= 4 is 22.5 Å². The van der Waals surface area contributed by atoms with Gasteiger partial charge in [-0.2, -0.15) is 5.10 Å². The molecule has 0 atom stereocenters. The van der Waals surface area contributed by atoms with Crippen LogP contribution in [0.25, 0.3) is 10.9 Å². The van der Waals surface area contributed by atoms with Gasteiger partial charge in [0, 0.05) is 28.7 Å². The topological polar surface area (TPSA) is 39.9 Å². The van der Waals surface area contributed by atoms with Gasteiger partial charge in [-0.25, -0.2) is 0 Å². The SMILES string of the molecule is Cc1c(C)n(C)c2c(OCc3ccccc3Cl)nncc12. The zero-order chi connectivity index (χ0) is 15.0. The number of fused-ring (bicyclic) bond motifs is 1. The summed E-state index contributed by atoms with van der Waals surface area (Å²) in [4.78, 5) is 0. The van der Waals surface area contributed by atoms with Gasteiger partial charge in [-0.15, -0.1) is 5.10 Å². The highest BCUT2D eigenvalue weighted by molar-refractivity contribution is 6.31. The fourth-order valence-corrected chi connectivity index (χ4v) is 2.62. The Kier molecular flexibility index (Phi) is 3.55. The van der Waals surface area contributed by atoms with Crippen LogP contribution in [0.3, 0.4) is 0 Å². The van der Waals surface area contributed by atoms with E-state index in [9.17, 15) is 0 Å². The van der Waals surface area contributed by atoms with Crippen LogP contribution >= 0.6 is 11.6 Å². The van der Waals surface area contributed by atoms with Crippen LogP contribution in [0.2, 0.25) is 5.02 Å². The molecular weight excluding hydrogens is 286 g/mol. The second kappa shape index (κ2) is 5.37. The summed E-state index contributed by atoms with van der Waals surface area (Å²) in [5.74, 6) is 0.533. The largest absolute Gasteiger partial charge is 0.470 e. The highest BCUT2D eigenvalue weighted by Crippen LogP contribution is 2.29. The van der Waals surface area contributed by atoms with E-state index in [0.717, 1.165) is 16.5 Å². The molecule has 3 aromatic rings. The highest BCUT2D eigenvalue weighted by Gasteiger charge is 2.15. The number of ether oxygens (including phenoxy) is 1. The van der Waals surface area contributed by atoms with E-state index in [2.05, 4.69) is 28.6 Å². The molecule has 2 aromatic heterocycles. The Hall–Kier alpha value is -2.07. The first-order chi connectivity index (χ1) is 10.1. The summed E-state index contributed by atoms with van der Waals surface area (Å²) >= 11 is 6.15. The van der Waals surface area contributed by atoms with Gasteiger partial charge in [0.2, 0.25) is 0 Å². The van der Waals surface area contributed by atoms with Crippen LogP contribution in [0.4, 0.5) is 0 Å². The van der Waals surface area contributed by atoms with Crippen molar-refractivity contribution in [1.82, 2.24) is 14.8 Å². The van der Waals surface area contributed by atoms with Gasteiger partial charge >= 0.3 is 0 Å². The van der Waals surface area contributed by atoms with Crippen molar-refractivity contribution in [3.8, 4) is 5.88 Å². The van der Waals surface area contributed by atoms with E-state index < -0.39 is 0 Å². The summed E-state index contributed by atoms with van der Waals surface area (Å²) in [5.41, 5.74) is 4.28. The molecule has 3 rings (SSSR count). The third-order valence-corrected chi connectivity index (χ3v) is 4.27. The van der Waals surface area contributed by atoms with Crippen molar-refractivity contribution in [2.24, 2.45) is 7.05 Å². The zero-order valence-electron chi connectivity index (χ0n) is 12.2. The number of rotatable bonds is 3. The first kappa shape index (κ1) is 13.9. The number of hydrogen-bond acceptors (Lipinski definition) is 3. The van der Waals surface area contributed by atoms with Crippen molar-refractivity contribution in [3.63, 3.8) is 0 Å². The fourth-order valence-electron chi connectivity index (χ4n) is 2.43. The van der Waals surface area contributed by atoms with Gasteiger partial charge in [0.25, 0.3) is 5.88 Å². The van der Waals surface area contributed by atoms with Crippen molar-refractivity contribution < 1.29 is 4.74 Å².